The standard InChI is InChI=1S/C52H61N11O3/c1-34-12-6-8-28-62(34)30-10-26-53-50-57-51(54-27-11-31-63-29-9-7-13-35(63)2)59-52(58-50)55-38-19-21-39(22-20-38)60-61-48-46-37(18-25-42-41-14-4-5-15-44(41)56-47(42)46)33-43(49(48)65)45(64)32-36-16-23-40(66-3)24-17-36/h4-5,14-25,33-35,56,65H,6-13,26-32H2,1-3H3,(H3,53,54,55,57,58,59). The van der Waals surface area contributed by atoms with Crippen LogP contribution in [0.3, 0.4) is 0 Å². The number of phenols is 1. The topological polar surface area (TPSA) is 168 Å². The number of nitrogens with one attached hydrogen (secondary N) is 4. The number of aromatic amines is 1. The van der Waals surface area contributed by atoms with Crippen LogP contribution in [0.5, 0.6) is 11.5 Å². The molecule has 0 spiro atoms. The molecule has 2 aromatic heterocycles. The molecule has 0 radical (unpaired) electrons. The van der Waals surface area contributed by atoms with Crippen LogP contribution in [0, 0.1) is 0 Å². The first kappa shape index (κ1) is 44.6. The molecular formula is C52H61N11O3. The molecule has 2 atom stereocenters. The first-order chi connectivity index (χ1) is 32.3. The average Bonchev–Trinajstić information content (AvgIpc) is 3.72. The van der Waals surface area contributed by atoms with Crippen molar-refractivity contribution in [1.29, 1.82) is 0 Å². The first-order valence-corrected chi connectivity index (χ1v) is 23.7. The Hall–Kier alpha value is -6.64. The number of carbonyl (C=O) groups excluding carboxylic acids is 1. The summed E-state index contributed by atoms with van der Waals surface area (Å²) in [4.78, 5) is 36.8. The molecule has 2 aliphatic heterocycles. The van der Waals surface area contributed by atoms with E-state index in [0.29, 0.717) is 46.8 Å². The quantitative estimate of drug-likeness (QED) is 0.0316. The van der Waals surface area contributed by atoms with E-state index in [4.69, 9.17) is 19.7 Å². The van der Waals surface area contributed by atoms with Gasteiger partial charge >= 0.3 is 0 Å². The number of aromatic hydroxyl groups is 1. The number of ether oxygens (including phenoxy) is 1. The summed E-state index contributed by atoms with van der Waals surface area (Å²) in [5, 5.41) is 35.0. The van der Waals surface area contributed by atoms with Crippen molar-refractivity contribution >= 4 is 73.3 Å². The number of benzene rings is 5. The summed E-state index contributed by atoms with van der Waals surface area (Å²) in [6.45, 7) is 10.6. The van der Waals surface area contributed by atoms with Crippen molar-refractivity contribution in [2.75, 3.05) is 62.3 Å². The van der Waals surface area contributed by atoms with Gasteiger partial charge in [0.05, 0.1) is 23.9 Å². The zero-order valence-electron chi connectivity index (χ0n) is 38.3. The fraction of sp³-hybridized carbons (Fsp3) is 0.385. The molecule has 0 saturated carbocycles. The molecule has 5 N–H and O–H groups in total. The number of likely N-dealkylation sites (tertiary alicyclic amines) is 2. The molecule has 66 heavy (non-hydrogen) atoms. The van der Waals surface area contributed by atoms with Gasteiger partial charge in [-0.3, -0.25) is 4.79 Å². The number of Topliss-reactive ketones (excluding diaryl/α,β-unsaturated/α-hetero) is 1. The number of nitrogens with zero attached hydrogens (tertiary/aromatic N) is 7. The Morgan fingerprint density at radius 3 is 2.08 bits per heavy atom. The molecule has 2 fully saturated rings. The maximum Gasteiger partial charge on any atom is 0.233 e. The molecule has 342 valence electrons. The maximum absolute atomic E-state index is 13.9. The van der Waals surface area contributed by atoms with Crippen LogP contribution < -0.4 is 20.7 Å². The van der Waals surface area contributed by atoms with Gasteiger partial charge in [0, 0.05) is 72.0 Å². The molecule has 14 heteroatoms. The normalized spacial score (nSPS) is 17.2. The Labute approximate surface area is 386 Å². The summed E-state index contributed by atoms with van der Waals surface area (Å²) in [5.41, 5.74) is 4.27. The number of anilines is 4. The zero-order chi connectivity index (χ0) is 45.4. The number of piperidine rings is 2. The smallest absolute Gasteiger partial charge is 0.233 e. The van der Waals surface area contributed by atoms with E-state index in [-0.39, 0.29) is 29.2 Å². The van der Waals surface area contributed by atoms with Crippen molar-refractivity contribution < 1.29 is 14.6 Å². The molecule has 4 heterocycles. The second-order valence-electron chi connectivity index (χ2n) is 17.8. The largest absolute Gasteiger partial charge is 0.505 e. The number of rotatable bonds is 18. The lowest BCUT2D eigenvalue weighted by molar-refractivity contribution is 0.0990. The Morgan fingerprint density at radius 1 is 0.773 bits per heavy atom. The molecule has 0 bridgehead atoms. The summed E-state index contributed by atoms with van der Waals surface area (Å²) < 4.78 is 5.30. The van der Waals surface area contributed by atoms with Crippen LogP contribution in [0.2, 0.25) is 0 Å². The molecule has 9 rings (SSSR count). The number of hydrogen-bond donors (Lipinski definition) is 5. The summed E-state index contributed by atoms with van der Waals surface area (Å²) in [7, 11) is 1.61. The van der Waals surface area contributed by atoms with Crippen molar-refractivity contribution in [3.8, 4) is 11.5 Å². The van der Waals surface area contributed by atoms with Gasteiger partial charge in [-0.15, -0.1) is 5.11 Å². The van der Waals surface area contributed by atoms with Crippen molar-refractivity contribution in [3.63, 3.8) is 0 Å². The van der Waals surface area contributed by atoms with Gasteiger partial charge in [0.15, 0.2) is 11.5 Å². The van der Waals surface area contributed by atoms with E-state index in [9.17, 15) is 9.90 Å². The van der Waals surface area contributed by atoms with Crippen LogP contribution in [-0.4, -0.2) is 99.1 Å². The highest BCUT2D eigenvalue weighted by atomic mass is 16.5. The van der Waals surface area contributed by atoms with Crippen LogP contribution in [-0.2, 0) is 6.42 Å². The summed E-state index contributed by atoms with van der Waals surface area (Å²) in [6.07, 6.45) is 9.80. The number of aromatic nitrogens is 4. The van der Waals surface area contributed by atoms with E-state index < -0.39 is 0 Å². The number of H-pyrrole nitrogens is 1. The van der Waals surface area contributed by atoms with Crippen molar-refractivity contribution in [2.45, 2.75) is 83.7 Å². The highest BCUT2D eigenvalue weighted by Gasteiger charge is 2.23. The van der Waals surface area contributed by atoms with Gasteiger partial charge in [0.2, 0.25) is 17.8 Å². The monoisotopic (exact) mass is 887 g/mol. The molecule has 14 nitrogen and oxygen atoms in total. The number of para-hydroxylation sites is 1. The summed E-state index contributed by atoms with van der Waals surface area (Å²) >= 11 is 0. The molecule has 2 saturated heterocycles. The lowest BCUT2D eigenvalue weighted by Crippen LogP contribution is -2.38. The van der Waals surface area contributed by atoms with Gasteiger partial charge in [-0.25, -0.2) is 0 Å². The number of hydrogen-bond acceptors (Lipinski definition) is 13. The van der Waals surface area contributed by atoms with E-state index in [1.165, 1.54) is 51.6 Å². The van der Waals surface area contributed by atoms with Gasteiger partial charge < -0.3 is 40.6 Å². The minimum absolute atomic E-state index is 0.0925. The summed E-state index contributed by atoms with van der Waals surface area (Å²) in [6, 6.07) is 29.9. The maximum atomic E-state index is 13.9. The minimum atomic E-state index is -0.239. The van der Waals surface area contributed by atoms with E-state index in [1.807, 2.05) is 78.9 Å². The van der Waals surface area contributed by atoms with Crippen LogP contribution in [0.25, 0.3) is 32.6 Å². The predicted molar refractivity (Wildman–Crippen MR) is 266 cm³/mol. The van der Waals surface area contributed by atoms with E-state index in [0.717, 1.165) is 77.5 Å². The molecule has 2 unspecified atom stereocenters. The first-order valence-electron chi connectivity index (χ1n) is 23.7. The zero-order valence-corrected chi connectivity index (χ0v) is 38.3. The Bertz CT molecular complexity index is 2760. The third-order valence-electron chi connectivity index (χ3n) is 13.3. The van der Waals surface area contributed by atoms with Gasteiger partial charge in [-0.1, -0.05) is 55.3 Å². The molecule has 0 aliphatic carbocycles. The van der Waals surface area contributed by atoms with Crippen molar-refractivity contribution in [2.24, 2.45) is 10.2 Å². The lowest BCUT2D eigenvalue weighted by Gasteiger charge is -2.33. The number of fused-ring (bicyclic) bond motifs is 5. The van der Waals surface area contributed by atoms with Gasteiger partial charge in [0.25, 0.3) is 0 Å². The Morgan fingerprint density at radius 2 is 1.42 bits per heavy atom. The number of phenolic OH excluding ortho intramolecular Hbond substituents is 1. The molecular weight excluding hydrogens is 827 g/mol. The Kier molecular flexibility index (Phi) is 14.0. The van der Waals surface area contributed by atoms with Crippen LogP contribution in [0.4, 0.5) is 34.9 Å². The minimum Gasteiger partial charge on any atom is -0.505 e. The van der Waals surface area contributed by atoms with E-state index in [2.05, 4.69) is 60.9 Å². The Balaban J connectivity index is 0.947. The molecule has 7 aromatic rings. The average molecular weight is 888 g/mol. The summed E-state index contributed by atoms with van der Waals surface area (Å²) in [5.74, 6) is 1.72. The van der Waals surface area contributed by atoms with Gasteiger partial charge in [-0.05, 0) is 125 Å². The number of azo groups is 1. The third kappa shape index (κ3) is 10.4. The molecule has 5 aromatic carbocycles. The van der Waals surface area contributed by atoms with Crippen LogP contribution in [0.1, 0.15) is 81.1 Å². The molecule has 2 aliphatic rings. The fourth-order valence-corrected chi connectivity index (χ4v) is 9.50. The van der Waals surface area contributed by atoms with Crippen LogP contribution >= 0.6 is 0 Å². The second kappa shape index (κ2) is 20.7. The van der Waals surface area contributed by atoms with Crippen molar-refractivity contribution in [3.05, 3.63) is 102 Å². The fourth-order valence-electron chi connectivity index (χ4n) is 9.50. The van der Waals surface area contributed by atoms with Gasteiger partial charge in [0.1, 0.15) is 11.4 Å². The van der Waals surface area contributed by atoms with E-state index in [1.54, 1.807) is 13.2 Å². The number of carbonyl (C=O) groups is 1. The number of ketones is 1. The number of methoxy groups -OCH3 is 1. The lowest BCUT2D eigenvalue weighted by atomic mass is 9.96. The van der Waals surface area contributed by atoms with Crippen LogP contribution in [0.15, 0.2) is 101 Å². The third-order valence-corrected chi connectivity index (χ3v) is 13.3. The highest BCUT2D eigenvalue weighted by molar-refractivity contribution is 6.22. The molecule has 0 amide bonds. The highest BCUT2D eigenvalue weighted by Crippen LogP contribution is 2.44. The SMILES string of the molecule is COc1ccc(CC(=O)c2cc3ccc4c5ccccc5[nH]c4c3c(N=Nc3ccc(Nc4nc(NCCCN5CCCCC5C)nc(NCCCN5CCCCC5C)n4)cc3)c2O)cc1. The van der Waals surface area contributed by atoms with Gasteiger partial charge in [-0.2, -0.15) is 20.1 Å². The van der Waals surface area contributed by atoms with Crippen molar-refractivity contribution in [1.82, 2.24) is 29.7 Å². The predicted octanol–water partition coefficient (Wildman–Crippen LogP) is 11.3. The van der Waals surface area contributed by atoms with E-state index >= 15 is 0 Å². The second-order valence-corrected chi connectivity index (χ2v) is 17.8.